The van der Waals surface area contributed by atoms with Crippen molar-refractivity contribution in [1.29, 1.82) is 0 Å². The van der Waals surface area contributed by atoms with Gasteiger partial charge in [0.2, 0.25) is 0 Å². The molecule has 2 aromatic rings. The molecule has 0 spiro atoms. The van der Waals surface area contributed by atoms with Gasteiger partial charge in [0.25, 0.3) is 0 Å². The number of hydrogen-bond donors (Lipinski definition) is 0. The molecule has 0 saturated carbocycles. The second-order valence-electron chi connectivity index (χ2n) is 3.26. The summed E-state index contributed by atoms with van der Waals surface area (Å²) < 4.78 is 29.0. The van der Waals surface area contributed by atoms with Gasteiger partial charge in [0, 0.05) is 0 Å². The summed E-state index contributed by atoms with van der Waals surface area (Å²) in [4.78, 5) is 5.70. The molecule has 0 radical (unpaired) electrons. The molecule has 1 nitrogen and oxygen atoms in total. The smallest absolute Gasteiger partial charge is 0.246 e. The zero-order valence-corrected chi connectivity index (χ0v) is 10.3. The molecule has 0 N–H and O–H groups in total. The zero-order valence-electron chi connectivity index (χ0n) is 9.45. The number of aromatic nitrogens is 1. The summed E-state index contributed by atoms with van der Waals surface area (Å²) in [5.74, 6) is 0. The molecule has 5 heteroatoms. The van der Waals surface area contributed by atoms with Crippen molar-refractivity contribution in [2.24, 2.45) is 0 Å². The van der Waals surface area contributed by atoms with E-state index in [-0.39, 0.29) is 0 Å². The molecule has 0 amide bonds. The van der Waals surface area contributed by atoms with Crippen molar-refractivity contribution >= 4 is 11.3 Å². The van der Waals surface area contributed by atoms with Gasteiger partial charge >= 0.3 is 6.68 Å². The van der Waals surface area contributed by atoms with Crippen LogP contribution in [0.2, 0.25) is 0 Å². The Morgan fingerprint density at radius 3 is 2.00 bits per heavy atom. The van der Waals surface area contributed by atoms with E-state index in [1.165, 1.54) is 10.4 Å². The molecule has 0 bridgehead atoms. The van der Waals surface area contributed by atoms with Gasteiger partial charge in [-0.25, -0.2) is 4.98 Å². The molecule has 17 heavy (non-hydrogen) atoms. The third-order valence-corrected chi connectivity index (χ3v) is 3.06. The quantitative estimate of drug-likeness (QED) is 0.729. The first-order chi connectivity index (χ1) is 8.00. The SMILES string of the molecule is Cc1nc(C)c(-c2ccccc2)s1.FC(F)F. The molecule has 0 saturated heterocycles. The van der Waals surface area contributed by atoms with E-state index in [0.29, 0.717) is 0 Å². The predicted molar refractivity (Wildman–Crippen MR) is 64.1 cm³/mol. The molecule has 0 fully saturated rings. The maximum Gasteiger partial charge on any atom is 0.379 e. The van der Waals surface area contributed by atoms with Gasteiger partial charge in [-0.1, -0.05) is 30.3 Å². The van der Waals surface area contributed by atoms with Gasteiger partial charge in [-0.2, -0.15) is 13.2 Å². The van der Waals surface area contributed by atoms with E-state index in [0.717, 1.165) is 10.7 Å². The number of halogens is 3. The van der Waals surface area contributed by atoms with Gasteiger partial charge < -0.3 is 0 Å². The van der Waals surface area contributed by atoms with Crippen LogP contribution in [0.25, 0.3) is 10.4 Å². The van der Waals surface area contributed by atoms with E-state index in [4.69, 9.17) is 0 Å². The maximum absolute atomic E-state index is 9.67. The molecule has 0 atom stereocenters. The fourth-order valence-electron chi connectivity index (χ4n) is 1.39. The Morgan fingerprint density at radius 2 is 1.59 bits per heavy atom. The molecular formula is C12H12F3NS. The summed E-state index contributed by atoms with van der Waals surface area (Å²) in [6.45, 7) is 0.440. The van der Waals surface area contributed by atoms with Crippen LogP contribution in [-0.2, 0) is 0 Å². The first kappa shape index (κ1) is 13.7. The van der Waals surface area contributed by atoms with Crippen molar-refractivity contribution in [3.8, 4) is 10.4 Å². The minimum Gasteiger partial charge on any atom is -0.246 e. The summed E-state index contributed by atoms with van der Waals surface area (Å²) in [5.41, 5.74) is 2.40. The van der Waals surface area contributed by atoms with Crippen molar-refractivity contribution in [3.05, 3.63) is 41.0 Å². The van der Waals surface area contributed by atoms with Crippen molar-refractivity contribution < 1.29 is 13.2 Å². The minimum absolute atomic E-state index is 1.13. The Hall–Kier alpha value is -1.36. The standard InChI is InChI=1S/C11H11NS.CHF3/c1-8-11(13-9(2)12-8)10-6-4-3-5-7-10;2-1(3)4/h3-7H,1-2H3;1H. The van der Waals surface area contributed by atoms with Crippen molar-refractivity contribution in [2.75, 3.05) is 0 Å². The largest absolute Gasteiger partial charge is 0.379 e. The predicted octanol–water partition coefficient (Wildman–Crippen LogP) is 4.61. The molecule has 2 rings (SSSR count). The molecule has 92 valence electrons. The van der Waals surface area contributed by atoms with E-state index >= 15 is 0 Å². The van der Waals surface area contributed by atoms with E-state index in [1.54, 1.807) is 11.3 Å². The summed E-state index contributed by atoms with van der Waals surface area (Å²) >= 11 is 1.76. The number of aryl methyl sites for hydroxylation is 2. The maximum atomic E-state index is 9.67. The minimum atomic E-state index is -3.67. The van der Waals surface area contributed by atoms with Crippen LogP contribution in [0, 0.1) is 13.8 Å². The summed E-state index contributed by atoms with van der Waals surface area (Å²) in [6.07, 6.45) is 0. The normalized spacial score (nSPS) is 10.0. The van der Waals surface area contributed by atoms with Gasteiger partial charge in [-0.3, -0.25) is 0 Å². The Balaban J connectivity index is 0.000000317. The second kappa shape index (κ2) is 6.39. The lowest BCUT2D eigenvalue weighted by Crippen LogP contribution is -1.76. The average Bonchev–Trinajstić information content (AvgIpc) is 2.58. The topological polar surface area (TPSA) is 12.9 Å². The number of thiazole rings is 1. The fraction of sp³-hybridized carbons (Fsp3) is 0.250. The van der Waals surface area contributed by atoms with Crippen molar-refractivity contribution in [3.63, 3.8) is 0 Å². The van der Waals surface area contributed by atoms with Gasteiger partial charge in [0.05, 0.1) is 15.6 Å². The summed E-state index contributed by atoms with van der Waals surface area (Å²) in [5, 5.41) is 1.14. The second-order valence-corrected chi connectivity index (χ2v) is 4.46. The van der Waals surface area contributed by atoms with E-state index < -0.39 is 6.68 Å². The van der Waals surface area contributed by atoms with Gasteiger partial charge in [0.1, 0.15) is 0 Å². The molecule has 1 heterocycles. The Kier molecular flexibility index (Phi) is 5.15. The van der Waals surface area contributed by atoms with E-state index in [9.17, 15) is 13.2 Å². The lowest BCUT2D eigenvalue weighted by molar-refractivity contribution is 0.00819. The van der Waals surface area contributed by atoms with Crippen molar-refractivity contribution in [1.82, 2.24) is 4.98 Å². The molecule has 0 aliphatic carbocycles. The van der Waals surface area contributed by atoms with Crippen LogP contribution in [0.4, 0.5) is 13.2 Å². The van der Waals surface area contributed by atoms with Crippen LogP contribution in [0.5, 0.6) is 0 Å². The molecule has 1 aromatic heterocycles. The number of alkyl halides is 3. The van der Waals surface area contributed by atoms with Gasteiger partial charge in [-0.05, 0) is 19.4 Å². The van der Waals surface area contributed by atoms with Crippen LogP contribution >= 0.6 is 11.3 Å². The zero-order chi connectivity index (χ0) is 12.8. The highest BCUT2D eigenvalue weighted by atomic mass is 32.1. The number of rotatable bonds is 1. The summed E-state index contributed by atoms with van der Waals surface area (Å²) in [6, 6.07) is 10.4. The Bertz CT molecular complexity index is 451. The first-order valence-corrected chi connectivity index (χ1v) is 5.74. The Labute approximate surface area is 102 Å². The van der Waals surface area contributed by atoms with Gasteiger partial charge in [0.15, 0.2) is 0 Å². The van der Waals surface area contributed by atoms with E-state index in [2.05, 4.69) is 36.2 Å². The number of benzene rings is 1. The third kappa shape index (κ3) is 4.56. The van der Waals surface area contributed by atoms with Crippen molar-refractivity contribution in [2.45, 2.75) is 20.5 Å². The highest BCUT2D eigenvalue weighted by Crippen LogP contribution is 2.28. The molecule has 0 aliphatic heterocycles. The average molecular weight is 259 g/mol. The van der Waals surface area contributed by atoms with Gasteiger partial charge in [-0.15, -0.1) is 11.3 Å². The highest BCUT2D eigenvalue weighted by Gasteiger charge is 2.05. The molecule has 0 aliphatic rings. The lowest BCUT2D eigenvalue weighted by atomic mass is 10.2. The first-order valence-electron chi connectivity index (χ1n) is 4.92. The lowest BCUT2D eigenvalue weighted by Gasteiger charge is -1.96. The van der Waals surface area contributed by atoms with Crippen LogP contribution < -0.4 is 0 Å². The Morgan fingerprint density at radius 1 is 1.06 bits per heavy atom. The number of hydrogen-bond acceptors (Lipinski definition) is 2. The molecule has 0 unspecified atom stereocenters. The van der Waals surface area contributed by atoms with Crippen LogP contribution in [0.3, 0.4) is 0 Å². The van der Waals surface area contributed by atoms with Crippen LogP contribution in [0.15, 0.2) is 30.3 Å². The monoisotopic (exact) mass is 259 g/mol. The fourth-order valence-corrected chi connectivity index (χ4v) is 2.31. The third-order valence-electron chi connectivity index (χ3n) is 1.94. The summed E-state index contributed by atoms with van der Waals surface area (Å²) in [7, 11) is 0. The molecule has 1 aromatic carbocycles. The van der Waals surface area contributed by atoms with Crippen LogP contribution in [0.1, 0.15) is 10.7 Å². The number of nitrogens with zero attached hydrogens (tertiary/aromatic N) is 1. The highest BCUT2D eigenvalue weighted by molar-refractivity contribution is 7.15. The van der Waals surface area contributed by atoms with E-state index in [1.807, 2.05) is 13.0 Å². The molecular weight excluding hydrogens is 247 g/mol. The van der Waals surface area contributed by atoms with Crippen LogP contribution in [-0.4, -0.2) is 11.7 Å².